The number of ketones is 1. The maximum Gasteiger partial charge on any atom is 0.408 e. The summed E-state index contributed by atoms with van der Waals surface area (Å²) in [6, 6.07) is 23.6. The van der Waals surface area contributed by atoms with Crippen LogP contribution in [-0.2, 0) is 33.8 Å². The first-order valence-electron chi connectivity index (χ1n) is 13.1. The predicted molar refractivity (Wildman–Crippen MR) is 151 cm³/mol. The van der Waals surface area contributed by atoms with E-state index in [1.165, 1.54) is 0 Å². The highest BCUT2D eigenvalue weighted by atomic mass is 16.5. The van der Waals surface area contributed by atoms with Gasteiger partial charge in [0.05, 0.1) is 6.04 Å². The standard InChI is InChI=1S/C31H34N4O5/c1-31(2,3)40-25-16-14-23(15-17-25)18-26(28(36)20-33-32)34-29(37)27(19-22-10-6-4-7-11-22)35-30(38)39-21-24-12-8-5-9-13-24/h4-17,26-27H,18-21H2,1-3H3,(H-,34,35,37,38)/p+1/t26-,27-/m0/s1. The van der Waals surface area contributed by atoms with Gasteiger partial charge < -0.3 is 20.1 Å². The Morgan fingerprint density at radius 1 is 0.775 bits per heavy atom. The number of Topliss-reactive ketones (excluding diaryl/α,β-unsaturated/α-hetero) is 1. The van der Waals surface area contributed by atoms with Crippen molar-refractivity contribution in [2.45, 2.75) is 57.9 Å². The van der Waals surface area contributed by atoms with Gasteiger partial charge in [0, 0.05) is 12.8 Å². The Morgan fingerprint density at radius 2 is 1.32 bits per heavy atom. The van der Waals surface area contributed by atoms with Crippen molar-refractivity contribution in [1.82, 2.24) is 10.6 Å². The van der Waals surface area contributed by atoms with Gasteiger partial charge in [0.2, 0.25) is 17.1 Å². The quantitative estimate of drug-likeness (QED) is 0.315. The molecule has 0 aromatic heterocycles. The van der Waals surface area contributed by atoms with E-state index < -0.39 is 36.4 Å². The lowest BCUT2D eigenvalue weighted by Gasteiger charge is -2.23. The minimum absolute atomic E-state index is 0.0421. The number of amides is 2. The number of nitrogens with zero attached hydrogens (tertiary/aromatic N) is 2. The Bertz CT molecular complexity index is 1300. The number of hydrogen-bond donors (Lipinski definition) is 2. The molecule has 0 fully saturated rings. The molecular formula is C31H35N4O5+. The molecule has 0 radical (unpaired) electrons. The normalized spacial score (nSPS) is 12.3. The smallest absolute Gasteiger partial charge is 0.408 e. The first kappa shape index (κ1) is 29.8. The number of carbonyl (C=O) groups is 3. The van der Waals surface area contributed by atoms with Gasteiger partial charge in [-0.2, -0.15) is 0 Å². The summed E-state index contributed by atoms with van der Waals surface area (Å²) in [5.41, 5.74) is 2.03. The van der Waals surface area contributed by atoms with Crippen molar-refractivity contribution in [3.63, 3.8) is 0 Å². The van der Waals surface area contributed by atoms with Crippen molar-refractivity contribution in [2.24, 2.45) is 0 Å². The van der Waals surface area contributed by atoms with Crippen LogP contribution in [-0.4, -0.2) is 42.0 Å². The summed E-state index contributed by atoms with van der Waals surface area (Å²) in [5, 5.41) is 14.4. The number of carbonyl (C=O) groups excluding carboxylic acids is 3. The Morgan fingerprint density at radius 3 is 1.90 bits per heavy atom. The van der Waals surface area contributed by atoms with Gasteiger partial charge in [0.15, 0.2) is 0 Å². The number of diazo groups is 1. The molecular weight excluding hydrogens is 508 g/mol. The summed E-state index contributed by atoms with van der Waals surface area (Å²) >= 11 is 0. The molecule has 0 unspecified atom stereocenters. The number of rotatable bonds is 12. The molecule has 0 heterocycles. The van der Waals surface area contributed by atoms with Gasteiger partial charge >= 0.3 is 12.6 Å². The van der Waals surface area contributed by atoms with Gasteiger partial charge in [-0.1, -0.05) is 72.8 Å². The van der Waals surface area contributed by atoms with E-state index in [0.717, 1.165) is 16.7 Å². The molecule has 3 aromatic rings. The van der Waals surface area contributed by atoms with Crippen LogP contribution in [0.15, 0.2) is 84.9 Å². The minimum atomic E-state index is -1.02. The number of hydrogen-bond acceptors (Lipinski definition) is 6. The lowest BCUT2D eigenvalue weighted by molar-refractivity contribution is -0.128. The zero-order valence-corrected chi connectivity index (χ0v) is 23.0. The van der Waals surface area contributed by atoms with Crippen LogP contribution in [0.1, 0.15) is 37.5 Å². The molecule has 0 bridgehead atoms. The zero-order valence-electron chi connectivity index (χ0n) is 23.0. The molecule has 9 heteroatoms. The van der Waals surface area contributed by atoms with Crippen molar-refractivity contribution >= 4 is 17.8 Å². The molecule has 0 aliphatic rings. The van der Waals surface area contributed by atoms with Crippen LogP contribution in [0, 0.1) is 5.39 Å². The molecule has 0 aliphatic heterocycles. The highest BCUT2D eigenvalue weighted by molar-refractivity contribution is 5.93. The van der Waals surface area contributed by atoms with Crippen molar-refractivity contribution < 1.29 is 23.9 Å². The van der Waals surface area contributed by atoms with Gasteiger partial charge in [-0.15, -0.1) is 0 Å². The minimum Gasteiger partial charge on any atom is -0.488 e. The molecule has 2 N–H and O–H groups in total. The van der Waals surface area contributed by atoms with Crippen LogP contribution >= 0.6 is 0 Å². The summed E-state index contributed by atoms with van der Waals surface area (Å²) in [6.45, 7) is 5.40. The first-order chi connectivity index (χ1) is 19.1. The Balaban J connectivity index is 1.73. The molecule has 2 amide bonds. The molecule has 0 saturated heterocycles. The maximum atomic E-state index is 13.4. The summed E-state index contributed by atoms with van der Waals surface area (Å²) in [7, 11) is 0. The third-order valence-corrected chi connectivity index (χ3v) is 5.82. The highest BCUT2D eigenvalue weighted by Gasteiger charge is 2.30. The fourth-order valence-corrected chi connectivity index (χ4v) is 3.95. The van der Waals surface area contributed by atoms with Crippen LogP contribution < -0.4 is 15.4 Å². The number of ether oxygens (including phenoxy) is 2. The molecule has 208 valence electrons. The third-order valence-electron chi connectivity index (χ3n) is 5.82. The number of benzene rings is 3. The SMILES string of the molecule is CC(C)(C)Oc1ccc(C[C@H](NC(=O)[C@H](Cc2ccccc2)NC(=O)OCc2ccccc2)C(=O)C[N+]#N)cc1. The van der Waals surface area contributed by atoms with E-state index in [-0.39, 0.29) is 25.0 Å². The van der Waals surface area contributed by atoms with Crippen LogP contribution in [0.2, 0.25) is 0 Å². The lowest BCUT2D eigenvalue weighted by atomic mass is 10.0. The van der Waals surface area contributed by atoms with E-state index in [1.54, 1.807) is 12.1 Å². The average molecular weight is 544 g/mol. The molecule has 2 atom stereocenters. The van der Waals surface area contributed by atoms with Gasteiger partial charge in [0.25, 0.3) is 0 Å². The second-order valence-electron chi connectivity index (χ2n) is 10.3. The summed E-state index contributed by atoms with van der Waals surface area (Å²) in [6.07, 6.45) is -0.425. The molecule has 9 nitrogen and oxygen atoms in total. The molecule has 0 aliphatic carbocycles. The Labute approximate surface area is 234 Å². The number of alkyl carbamates (subject to hydrolysis) is 1. The second kappa shape index (κ2) is 14.4. The summed E-state index contributed by atoms with van der Waals surface area (Å²) < 4.78 is 11.2. The second-order valence-corrected chi connectivity index (χ2v) is 10.3. The van der Waals surface area contributed by atoms with Gasteiger partial charge in [-0.05, 0) is 49.6 Å². The van der Waals surface area contributed by atoms with E-state index in [2.05, 4.69) is 15.6 Å². The fourth-order valence-electron chi connectivity index (χ4n) is 3.95. The summed E-state index contributed by atoms with van der Waals surface area (Å²) in [4.78, 5) is 41.8. The van der Waals surface area contributed by atoms with E-state index in [1.807, 2.05) is 93.6 Å². The molecule has 0 spiro atoms. The average Bonchev–Trinajstić information content (AvgIpc) is 2.92. The molecule has 3 aromatic carbocycles. The van der Waals surface area contributed by atoms with E-state index in [0.29, 0.717) is 5.75 Å². The zero-order chi connectivity index (χ0) is 29.0. The summed E-state index contributed by atoms with van der Waals surface area (Å²) in [5.74, 6) is -0.366. The van der Waals surface area contributed by atoms with Crippen LogP contribution in [0.4, 0.5) is 4.79 Å². The van der Waals surface area contributed by atoms with Gasteiger partial charge in [0.1, 0.15) is 29.0 Å². The topological polar surface area (TPSA) is 122 Å². The van der Waals surface area contributed by atoms with E-state index in [9.17, 15) is 14.4 Å². The van der Waals surface area contributed by atoms with Gasteiger partial charge in [-0.3, -0.25) is 9.59 Å². The first-order valence-corrected chi connectivity index (χ1v) is 13.1. The van der Waals surface area contributed by atoms with Crippen LogP contribution in [0.3, 0.4) is 0 Å². The van der Waals surface area contributed by atoms with Crippen molar-refractivity contribution in [3.05, 3.63) is 107 Å². The van der Waals surface area contributed by atoms with Gasteiger partial charge in [-0.25, -0.2) is 4.79 Å². The largest absolute Gasteiger partial charge is 0.488 e. The van der Waals surface area contributed by atoms with Crippen molar-refractivity contribution in [1.29, 1.82) is 5.39 Å². The Hall–Kier alpha value is -4.71. The third kappa shape index (κ3) is 10.2. The fraction of sp³-hybridized carbons (Fsp3) is 0.323. The lowest BCUT2D eigenvalue weighted by Crippen LogP contribution is -2.53. The molecule has 40 heavy (non-hydrogen) atoms. The van der Waals surface area contributed by atoms with E-state index in [4.69, 9.17) is 14.9 Å². The van der Waals surface area contributed by atoms with Crippen molar-refractivity contribution in [3.8, 4) is 5.75 Å². The van der Waals surface area contributed by atoms with Crippen LogP contribution in [0.25, 0.3) is 4.98 Å². The molecule has 0 saturated carbocycles. The monoisotopic (exact) mass is 543 g/mol. The van der Waals surface area contributed by atoms with Crippen LogP contribution in [0.5, 0.6) is 5.75 Å². The highest BCUT2D eigenvalue weighted by Crippen LogP contribution is 2.19. The molecule has 3 rings (SSSR count). The van der Waals surface area contributed by atoms with E-state index >= 15 is 0 Å². The van der Waals surface area contributed by atoms with Crippen molar-refractivity contribution in [2.75, 3.05) is 6.54 Å². The maximum absolute atomic E-state index is 13.4. The number of nitrogens with one attached hydrogen (secondary N) is 2. The predicted octanol–water partition coefficient (Wildman–Crippen LogP) is 4.85. The Kier molecular flexibility index (Phi) is 10.8.